The number of carbonyl (C=O) groups excluding carboxylic acids is 1. The average Bonchev–Trinajstić information content (AvgIpc) is 2.15. The van der Waals surface area contributed by atoms with Crippen molar-refractivity contribution in [2.45, 2.75) is 33.1 Å². The quantitative estimate of drug-likeness (QED) is 0.750. The lowest BCUT2D eigenvalue weighted by atomic mass is 9.82. The number of carbonyl (C=O) groups is 1. The molecule has 0 bridgehead atoms. The molecule has 0 atom stereocenters. The van der Waals surface area contributed by atoms with E-state index in [2.05, 4.69) is 26.1 Å². The van der Waals surface area contributed by atoms with Gasteiger partial charge in [0.15, 0.2) is 0 Å². The van der Waals surface area contributed by atoms with Crippen molar-refractivity contribution < 1.29 is 4.79 Å². The van der Waals surface area contributed by atoms with E-state index in [0.29, 0.717) is 0 Å². The third-order valence-corrected chi connectivity index (χ3v) is 2.53. The number of hydrogen-bond donors (Lipinski definition) is 1. The number of aryl methyl sites for hydroxylation is 1. The summed E-state index contributed by atoms with van der Waals surface area (Å²) in [5, 5.41) is 2.70. The molecule has 0 unspecified atom stereocenters. The van der Waals surface area contributed by atoms with Gasteiger partial charge in [0, 0.05) is 12.6 Å². The van der Waals surface area contributed by atoms with Crippen LogP contribution in [-0.2, 0) is 5.41 Å². The number of rotatable bonds is 1. The van der Waals surface area contributed by atoms with Crippen LogP contribution in [0, 0.1) is 6.92 Å². The maximum Gasteiger partial charge on any atom is 0.251 e. The fourth-order valence-electron chi connectivity index (χ4n) is 1.72. The van der Waals surface area contributed by atoms with E-state index in [1.165, 1.54) is 0 Å². The Bertz CT molecular complexity index is 375. The van der Waals surface area contributed by atoms with E-state index < -0.39 is 0 Å². The Hall–Kier alpha value is -1.31. The zero-order chi connectivity index (χ0) is 11.6. The van der Waals surface area contributed by atoms with Crippen LogP contribution in [0.2, 0.25) is 0 Å². The summed E-state index contributed by atoms with van der Waals surface area (Å²) in [6.07, 6.45) is 0. The van der Waals surface area contributed by atoms with Gasteiger partial charge in [0.25, 0.3) is 5.91 Å². The lowest BCUT2D eigenvalue weighted by Gasteiger charge is -2.23. The molecule has 15 heavy (non-hydrogen) atoms. The standard InChI is InChI=1S/C13H19NO/c1-9-7-6-8-10(13(2,3)4)11(9)12(15)14-5/h6-8H,1-5H3,(H,14,15). The van der Waals surface area contributed by atoms with Gasteiger partial charge in [0.1, 0.15) is 0 Å². The highest BCUT2D eigenvalue weighted by Gasteiger charge is 2.22. The van der Waals surface area contributed by atoms with Crippen LogP contribution in [0.3, 0.4) is 0 Å². The molecule has 1 amide bonds. The molecule has 0 aliphatic heterocycles. The van der Waals surface area contributed by atoms with Crippen LogP contribution < -0.4 is 5.32 Å². The van der Waals surface area contributed by atoms with E-state index in [0.717, 1.165) is 16.7 Å². The van der Waals surface area contributed by atoms with Gasteiger partial charge in [-0.1, -0.05) is 39.0 Å². The highest BCUT2D eigenvalue weighted by atomic mass is 16.1. The van der Waals surface area contributed by atoms with Crippen molar-refractivity contribution in [3.8, 4) is 0 Å². The summed E-state index contributed by atoms with van der Waals surface area (Å²) in [4.78, 5) is 11.8. The molecule has 2 heteroatoms. The molecule has 0 aliphatic rings. The summed E-state index contributed by atoms with van der Waals surface area (Å²) in [5.41, 5.74) is 2.93. The Morgan fingerprint density at radius 2 is 1.87 bits per heavy atom. The lowest BCUT2D eigenvalue weighted by molar-refractivity contribution is 0.0960. The first-order valence-corrected chi connectivity index (χ1v) is 5.20. The molecule has 0 fully saturated rings. The van der Waals surface area contributed by atoms with Crippen LogP contribution in [0.1, 0.15) is 42.3 Å². The Balaban J connectivity index is 3.40. The smallest absolute Gasteiger partial charge is 0.251 e. The molecule has 0 spiro atoms. The second-order valence-electron chi connectivity index (χ2n) is 4.83. The van der Waals surface area contributed by atoms with E-state index in [-0.39, 0.29) is 11.3 Å². The van der Waals surface area contributed by atoms with E-state index in [4.69, 9.17) is 0 Å². The van der Waals surface area contributed by atoms with Gasteiger partial charge in [-0.15, -0.1) is 0 Å². The van der Waals surface area contributed by atoms with Crippen molar-refractivity contribution in [1.29, 1.82) is 0 Å². The largest absolute Gasteiger partial charge is 0.355 e. The molecular weight excluding hydrogens is 186 g/mol. The van der Waals surface area contributed by atoms with Gasteiger partial charge in [-0.3, -0.25) is 4.79 Å². The normalized spacial score (nSPS) is 11.3. The van der Waals surface area contributed by atoms with Crippen LogP contribution >= 0.6 is 0 Å². The van der Waals surface area contributed by atoms with Gasteiger partial charge in [-0.2, -0.15) is 0 Å². The van der Waals surface area contributed by atoms with Crippen LogP contribution in [-0.4, -0.2) is 13.0 Å². The van der Waals surface area contributed by atoms with Gasteiger partial charge in [0.2, 0.25) is 0 Å². The second kappa shape index (κ2) is 4.05. The predicted molar refractivity (Wildman–Crippen MR) is 63.3 cm³/mol. The molecule has 0 saturated heterocycles. The van der Waals surface area contributed by atoms with Crippen molar-refractivity contribution >= 4 is 5.91 Å². The van der Waals surface area contributed by atoms with Crippen molar-refractivity contribution in [2.24, 2.45) is 0 Å². The molecule has 0 aliphatic carbocycles. The average molecular weight is 205 g/mol. The maximum atomic E-state index is 11.8. The van der Waals surface area contributed by atoms with Gasteiger partial charge in [-0.05, 0) is 23.5 Å². The minimum absolute atomic E-state index is 0.00183. The van der Waals surface area contributed by atoms with Crippen molar-refractivity contribution in [3.63, 3.8) is 0 Å². The molecule has 0 aromatic heterocycles. The zero-order valence-corrected chi connectivity index (χ0v) is 10.1. The summed E-state index contributed by atoms with van der Waals surface area (Å²) >= 11 is 0. The van der Waals surface area contributed by atoms with E-state index in [9.17, 15) is 4.79 Å². The van der Waals surface area contributed by atoms with Crippen molar-refractivity contribution in [2.75, 3.05) is 7.05 Å². The SMILES string of the molecule is CNC(=O)c1c(C)cccc1C(C)(C)C. The molecular formula is C13H19NO. The van der Waals surface area contributed by atoms with Gasteiger partial charge < -0.3 is 5.32 Å². The van der Waals surface area contributed by atoms with E-state index >= 15 is 0 Å². The third kappa shape index (κ3) is 2.38. The van der Waals surface area contributed by atoms with Gasteiger partial charge in [-0.25, -0.2) is 0 Å². The zero-order valence-electron chi connectivity index (χ0n) is 10.1. The first kappa shape index (κ1) is 11.8. The number of benzene rings is 1. The molecule has 1 rings (SSSR count). The summed E-state index contributed by atoms with van der Waals surface area (Å²) < 4.78 is 0. The molecule has 82 valence electrons. The fourth-order valence-corrected chi connectivity index (χ4v) is 1.72. The fraction of sp³-hybridized carbons (Fsp3) is 0.462. The minimum Gasteiger partial charge on any atom is -0.355 e. The lowest BCUT2D eigenvalue weighted by Crippen LogP contribution is -2.25. The van der Waals surface area contributed by atoms with E-state index in [1.807, 2.05) is 25.1 Å². The van der Waals surface area contributed by atoms with Crippen molar-refractivity contribution in [1.82, 2.24) is 5.32 Å². The Kier molecular flexibility index (Phi) is 3.18. The Morgan fingerprint density at radius 1 is 1.27 bits per heavy atom. The molecule has 0 saturated carbocycles. The number of nitrogens with one attached hydrogen (secondary N) is 1. The molecule has 1 aromatic rings. The van der Waals surface area contributed by atoms with Crippen molar-refractivity contribution in [3.05, 3.63) is 34.9 Å². The molecule has 0 radical (unpaired) electrons. The topological polar surface area (TPSA) is 29.1 Å². The van der Waals surface area contributed by atoms with Crippen LogP contribution in [0.4, 0.5) is 0 Å². The molecule has 1 N–H and O–H groups in total. The van der Waals surface area contributed by atoms with Crippen LogP contribution in [0.5, 0.6) is 0 Å². The Morgan fingerprint density at radius 3 is 2.33 bits per heavy atom. The number of amides is 1. The second-order valence-corrected chi connectivity index (χ2v) is 4.83. The summed E-state index contributed by atoms with van der Waals surface area (Å²) in [7, 11) is 1.67. The first-order valence-electron chi connectivity index (χ1n) is 5.20. The molecule has 2 nitrogen and oxygen atoms in total. The Labute approximate surface area is 91.7 Å². The van der Waals surface area contributed by atoms with Crippen LogP contribution in [0.25, 0.3) is 0 Å². The molecule has 0 heterocycles. The first-order chi connectivity index (χ1) is 6.88. The minimum atomic E-state index is -0.00609. The summed E-state index contributed by atoms with van der Waals surface area (Å²) in [6.45, 7) is 8.33. The third-order valence-electron chi connectivity index (χ3n) is 2.53. The summed E-state index contributed by atoms with van der Waals surface area (Å²) in [5.74, 6) is -0.00183. The van der Waals surface area contributed by atoms with E-state index in [1.54, 1.807) is 7.05 Å². The predicted octanol–water partition coefficient (Wildman–Crippen LogP) is 2.65. The highest BCUT2D eigenvalue weighted by Crippen LogP contribution is 2.27. The summed E-state index contributed by atoms with van der Waals surface area (Å²) in [6, 6.07) is 6.00. The van der Waals surface area contributed by atoms with Gasteiger partial charge in [0.05, 0.1) is 0 Å². The number of hydrogen-bond acceptors (Lipinski definition) is 1. The maximum absolute atomic E-state index is 11.8. The molecule has 1 aromatic carbocycles. The van der Waals surface area contributed by atoms with Crippen LogP contribution in [0.15, 0.2) is 18.2 Å². The highest BCUT2D eigenvalue weighted by molar-refractivity contribution is 5.97. The van der Waals surface area contributed by atoms with Gasteiger partial charge >= 0.3 is 0 Å². The monoisotopic (exact) mass is 205 g/mol.